The van der Waals surface area contributed by atoms with Gasteiger partial charge in [0.05, 0.1) is 12.2 Å². The van der Waals surface area contributed by atoms with Gasteiger partial charge < -0.3 is 5.32 Å². The molecule has 5 rings (SSSR count). The molecule has 0 saturated heterocycles. The van der Waals surface area contributed by atoms with E-state index in [1.54, 1.807) is 6.20 Å². The lowest BCUT2D eigenvalue weighted by Gasteiger charge is -2.28. The Labute approximate surface area is 174 Å². The van der Waals surface area contributed by atoms with Crippen LogP contribution in [0.4, 0.5) is 0 Å². The van der Waals surface area contributed by atoms with E-state index in [4.69, 9.17) is 23.2 Å². The molecule has 3 aromatic rings. The Morgan fingerprint density at radius 3 is 2.50 bits per heavy atom. The molecule has 1 saturated carbocycles. The van der Waals surface area contributed by atoms with Crippen LogP contribution in [0.25, 0.3) is 5.69 Å². The highest BCUT2D eigenvalue weighted by molar-refractivity contribution is 6.30. The smallest absolute Gasteiger partial charge is 0.151 e. The minimum absolute atomic E-state index is 0.401. The minimum Gasteiger partial charge on any atom is -0.306 e. The fourth-order valence-electron chi connectivity index (χ4n) is 4.49. The van der Waals surface area contributed by atoms with Gasteiger partial charge in [0.25, 0.3) is 0 Å². The van der Waals surface area contributed by atoms with E-state index in [2.05, 4.69) is 31.1 Å². The number of hydrogen-bond acceptors (Lipinski definition) is 4. The maximum Gasteiger partial charge on any atom is 0.151 e. The summed E-state index contributed by atoms with van der Waals surface area (Å²) in [7, 11) is 0. The third-order valence-corrected chi connectivity index (χ3v) is 6.36. The highest BCUT2D eigenvalue weighted by atomic mass is 35.5. The Morgan fingerprint density at radius 1 is 0.893 bits per heavy atom. The van der Waals surface area contributed by atoms with Gasteiger partial charge in [-0.05, 0) is 61.6 Å². The zero-order valence-corrected chi connectivity index (χ0v) is 16.9. The van der Waals surface area contributed by atoms with Crippen LogP contribution in [0.15, 0.2) is 36.5 Å². The summed E-state index contributed by atoms with van der Waals surface area (Å²) in [4.78, 5) is 4.53. The molecule has 1 aromatic carbocycles. The number of fused-ring (bicyclic) bond motifs is 3. The molecule has 144 valence electrons. The van der Waals surface area contributed by atoms with E-state index in [1.165, 1.54) is 5.56 Å². The van der Waals surface area contributed by atoms with Gasteiger partial charge in [-0.3, -0.25) is 9.55 Å². The van der Waals surface area contributed by atoms with Crippen LogP contribution in [0, 0.1) is 0 Å². The van der Waals surface area contributed by atoms with Crippen molar-refractivity contribution in [2.24, 2.45) is 0 Å². The largest absolute Gasteiger partial charge is 0.306 e. The van der Waals surface area contributed by atoms with Gasteiger partial charge in [0.15, 0.2) is 5.82 Å². The molecule has 5 nitrogen and oxygen atoms in total. The predicted octanol–water partition coefficient (Wildman–Crippen LogP) is 5.01. The molecule has 0 radical (unpaired) electrons. The lowest BCUT2D eigenvalue weighted by atomic mass is 9.80. The van der Waals surface area contributed by atoms with E-state index in [-0.39, 0.29) is 0 Å². The first-order valence-corrected chi connectivity index (χ1v) is 10.5. The summed E-state index contributed by atoms with van der Waals surface area (Å²) in [5, 5.41) is 14.0. The normalized spacial score (nSPS) is 21.6. The summed E-state index contributed by atoms with van der Waals surface area (Å²) in [6, 6.07) is 9.90. The number of hydrogen-bond donors (Lipinski definition) is 1. The number of nitrogens with zero attached hydrogens (tertiary/aromatic N) is 4. The molecule has 2 aliphatic rings. The van der Waals surface area contributed by atoms with E-state index >= 15 is 0 Å². The molecule has 7 heteroatoms. The molecule has 1 aliphatic carbocycles. The average Bonchev–Trinajstić information content (AvgIpc) is 3.04. The van der Waals surface area contributed by atoms with Crippen molar-refractivity contribution in [1.82, 2.24) is 25.1 Å². The van der Waals surface area contributed by atoms with Gasteiger partial charge in [0, 0.05) is 40.3 Å². The SMILES string of the molecule is Clc1ccc2c(c1)CNCc1nnc([C@H]3CC[C@H](c4cc(Cl)ccn4)CC3)n1-2. The van der Waals surface area contributed by atoms with E-state index < -0.39 is 0 Å². The number of benzene rings is 1. The van der Waals surface area contributed by atoms with Gasteiger partial charge in [0.2, 0.25) is 0 Å². The molecule has 1 fully saturated rings. The quantitative estimate of drug-likeness (QED) is 0.640. The first-order chi connectivity index (χ1) is 13.7. The molecular formula is C21H21Cl2N5. The van der Waals surface area contributed by atoms with Gasteiger partial charge >= 0.3 is 0 Å². The topological polar surface area (TPSA) is 55.6 Å². The van der Waals surface area contributed by atoms with Crippen molar-refractivity contribution >= 4 is 23.2 Å². The molecule has 0 spiro atoms. The lowest BCUT2D eigenvalue weighted by Crippen LogP contribution is -2.17. The van der Waals surface area contributed by atoms with Gasteiger partial charge in [-0.1, -0.05) is 23.2 Å². The lowest BCUT2D eigenvalue weighted by molar-refractivity contribution is 0.377. The predicted molar refractivity (Wildman–Crippen MR) is 110 cm³/mol. The number of nitrogens with one attached hydrogen (secondary N) is 1. The summed E-state index contributed by atoms with van der Waals surface area (Å²) < 4.78 is 2.24. The molecule has 2 aromatic heterocycles. The maximum atomic E-state index is 6.22. The van der Waals surface area contributed by atoms with Crippen LogP contribution in [0.3, 0.4) is 0 Å². The average molecular weight is 414 g/mol. The first-order valence-electron chi connectivity index (χ1n) is 9.74. The minimum atomic E-state index is 0.401. The maximum absolute atomic E-state index is 6.22. The fourth-order valence-corrected chi connectivity index (χ4v) is 4.85. The number of aromatic nitrogens is 4. The van der Waals surface area contributed by atoms with Crippen LogP contribution >= 0.6 is 23.2 Å². The second-order valence-electron chi connectivity index (χ2n) is 7.63. The molecule has 3 heterocycles. The highest BCUT2D eigenvalue weighted by Gasteiger charge is 2.30. The Hall–Kier alpha value is -1.95. The van der Waals surface area contributed by atoms with Crippen LogP contribution in [0.1, 0.15) is 60.4 Å². The highest BCUT2D eigenvalue weighted by Crippen LogP contribution is 2.41. The number of pyridine rings is 1. The van der Waals surface area contributed by atoms with E-state index in [1.807, 2.05) is 24.3 Å². The summed E-state index contributed by atoms with van der Waals surface area (Å²) in [5.74, 6) is 2.90. The van der Waals surface area contributed by atoms with Crippen molar-refractivity contribution in [2.45, 2.75) is 50.6 Å². The second-order valence-corrected chi connectivity index (χ2v) is 8.51. The Bertz CT molecular complexity index is 1010. The van der Waals surface area contributed by atoms with Gasteiger partial charge in [-0.15, -0.1) is 10.2 Å². The summed E-state index contributed by atoms with van der Waals surface area (Å²) in [5.41, 5.74) is 3.43. The van der Waals surface area contributed by atoms with Gasteiger partial charge in [-0.25, -0.2) is 0 Å². The zero-order chi connectivity index (χ0) is 19.1. The van der Waals surface area contributed by atoms with E-state index in [0.29, 0.717) is 18.4 Å². The standard InChI is InChI=1S/C21H21Cl2N5/c22-16-5-6-19-15(9-16)11-24-12-20-26-27-21(28(19)20)14-3-1-13(2-4-14)18-10-17(23)7-8-25-18/h5-10,13-14,24H,1-4,11-12H2/t13-,14-. The van der Waals surface area contributed by atoms with Crippen molar-refractivity contribution in [3.8, 4) is 5.69 Å². The van der Waals surface area contributed by atoms with Gasteiger partial charge in [0.1, 0.15) is 5.82 Å². The Kier molecular flexibility index (Phi) is 4.83. The Morgan fingerprint density at radius 2 is 1.68 bits per heavy atom. The summed E-state index contributed by atoms with van der Waals surface area (Å²) in [6.07, 6.45) is 6.13. The summed E-state index contributed by atoms with van der Waals surface area (Å²) >= 11 is 12.4. The molecule has 0 amide bonds. The molecule has 0 unspecified atom stereocenters. The van der Waals surface area contributed by atoms with Crippen LogP contribution in [0.2, 0.25) is 10.0 Å². The summed E-state index contributed by atoms with van der Waals surface area (Å²) in [6.45, 7) is 1.49. The van der Waals surface area contributed by atoms with Crippen molar-refractivity contribution in [2.75, 3.05) is 0 Å². The monoisotopic (exact) mass is 413 g/mol. The molecule has 0 bridgehead atoms. The van der Waals surface area contributed by atoms with E-state index in [9.17, 15) is 0 Å². The van der Waals surface area contributed by atoms with Crippen molar-refractivity contribution in [3.63, 3.8) is 0 Å². The number of halogens is 2. The zero-order valence-electron chi connectivity index (χ0n) is 15.4. The molecule has 1 aliphatic heterocycles. The van der Waals surface area contributed by atoms with Crippen LogP contribution in [0.5, 0.6) is 0 Å². The van der Waals surface area contributed by atoms with E-state index in [0.717, 1.165) is 65.3 Å². The van der Waals surface area contributed by atoms with Crippen LogP contribution < -0.4 is 5.32 Å². The molecular weight excluding hydrogens is 393 g/mol. The van der Waals surface area contributed by atoms with Crippen molar-refractivity contribution in [3.05, 3.63) is 69.5 Å². The van der Waals surface area contributed by atoms with Crippen LogP contribution in [-0.4, -0.2) is 19.7 Å². The third kappa shape index (κ3) is 3.32. The fraction of sp³-hybridized carbons (Fsp3) is 0.381. The van der Waals surface area contributed by atoms with Crippen LogP contribution in [-0.2, 0) is 13.1 Å². The van der Waals surface area contributed by atoms with Crippen molar-refractivity contribution in [1.29, 1.82) is 0 Å². The molecule has 1 N–H and O–H groups in total. The number of rotatable bonds is 2. The van der Waals surface area contributed by atoms with Crippen molar-refractivity contribution < 1.29 is 0 Å². The molecule has 0 atom stereocenters. The Balaban J connectivity index is 1.42. The third-order valence-electron chi connectivity index (χ3n) is 5.89. The first kappa shape index (κ1) is 18.1. The molecule has 28 heavy (non-hydrogen) atoms. The van der Waals surface area contributed by atoms with Gasteiger partial charge in [-0.2, -0.15) is 0 Å². The second kappa shape index (κ2) is 7.47.